The molecule has 0 saturated heterocycles. The summed E-state index contributed by atoms with van der Waals surface area (Å²) in [5, 5.41) is 7.83. The second-order valence-electron chi connectivity index (χ2n) is 4.52. The Morgan fingerprint density at radius 1 is 1.38 bits per heavy atom. The van der Waals surface area contributed by atoms with Gasteiger partial charge in [-0.25, -0.2) is 4.68 Å². The average molecular weight is 224 g/mol. The van der Waals surface area contributed by atoms with Gasteiger partial charge in [-0.3, -0.25) is 0 Å². The van der Waals surface area contributed by atoms with Gasteiger partial charge in [-0.15, -0.1) is 0 Å². The van der Waals surface area contributed by atoms with Gasteiger partial charge in [-0.2, -0.15) is 5.10 Å². The van der Waals surface area contributed by atoms with Crippen molar-refractivity contribution in [3.63, 3.8) is 0 Å². The molecule has 1 rings (SSSR count). The molecule has 1 aromatic rings. The van der Waals surface area contributed by atoms with Gasteiger partial charge in [0.2, 0.25) is 0 Å². The molecule has 0 amide bonds. The topological polar surface area (TPSA) is 55.9 Å². The van der Waals surface area contributed by atoms with Gasteiger partial charge in [0.25, 0.3) is 0 Å². The number of anilines is 2. The number of nitrogens with zero attached hydrogens (tertiary/aromatic N) is 2. The summed E-state index contributed by atoms with van der Waals surface area (Å²) in [6.07, 6.45) is 3.67. The van der Waals surface area contributed by atoms with E-state index in [1.54, 1.807) is 0 Å². The Balaban J connectivity index is 2.69. The van der Waals surface area contributed by atoms with Crippen molar-refractivity contribution in [3.05, 3.63) is 5.69 Å². The van der Waals surface area contributed by atoms with Gasteiger partial charge in [-0.05, 0) is 27.2 Å². The summed E-state index contributed by atoms with van der Waals surface area (Å²) in [5.41, 5.74) is 7.70. The maximum Gasteiger partial charge on any atom is 0.148 e. The van der Waals surface area contributed by atoms with E-state index in [0.717, 1.165) is 23.7 Å². The summed E-state index contributed by atoms with van der Waals surface area (Å²) >= 11 is 0. The molecule has 0 aromatic carbocycles. The smallest absolute Gasteiger partial charge is 0.148 e. The lowest BCUT2D eigenvalue weighted by molar-refractivity contribution is 0.533. The molecule has 0 bridgehead atoms. The third-order valence-corrected chi connectivity index (χ3v) is 2.69. The number of hydrogen-bond acceptors (Lipinski definition) is 3. The number of nitrogens with two attached hydrogens (primary N) is 1. The van der Waals surface area contributed by atoms with Crippen LogP contribution < -0.4 is 11.1 Å². The van der Waals surface area contributed by atoms with Crippen LogP contribution >= 0.6 is 0 Å². The van der Waals surface area contributed by atoms with E-state index in [9.17, 15) is 0 Å². The molecule has 0 radical (unpaired) electrons. The van der Waals surface area contributed by atoms with Crippen molar-refractivity contribution in [1.29, 1.82) is 0 Å². The number of nitrogens with one attached hydrogen (secondary N) is 1. The Labute approximate surface area is 98.2 Å². The Morgan fingerprint density at radius 3 is 2.62 bits per heavy atom. The first-order valence-corrected chi connectivity index (χ1v) is 6.16. The molecule has 4 nitrogen and oxygen atoms in total. The van der Waals surface area contributed by atoms with Gasteiger partial charge >= 0.3 is 0 Å². The summed E-state index contributed by atoms with van der Waals surface area (Å²) in [6, 6.07) is 0.338. The summed E-state index contributed by atoms with van der Waals surface area (Å²) in [5.74, 6) is 0.976. The van der Waals surface area contributed by atoms with Crippen molar-refractivity contribution in [2.24, 2.45) is 0 Å². The minimum Gasteiger partial charge on any atom is -0.394 e. The van der Waals surface area contributed by atoms with Crippen molar-refractivity contribution < 1.29 is 0 Å². The predicted octanol–water partition coefficient (Wildman–Crippen LogP) is 2.96. The molecule has 92 valence electrons. The summed E-state index contributed by atoms with van der Waals surface area (Å²) in [4.78, 5) is 0. The van der Waals surface area contributed by atoms with E-state index in [1.807, 2.05) is 11.6 Å². The molecule has 0 aliphatic rings. The van der Waals surface area contributed by atoms with Gasteiger partial charge in [0, 0.05) is 12.6 Å². The molecule has 0 unspecified atom stereocenters. The zero-order valence-corrected chi connectivity index (χ0v) is 10.9. The second-order valence-corrected chi connectivity index (χ2v) is 4.52. The third-order valence-electron chi connectivity index (χ3n) is 2.69. The largest absolute Gasteiger partial charge is 0.394 e. The van der Waals surface area contributed by atoms with Crippen LogP contribution in [0.5, 0.6) is 0 Å². The quantitative estimate of drug-likeness (QED) is 0.730. The number of aryl methyl sites for hydroxylation is 1. The maximum absolute atomic E-state index is 6.01. The van der Waals surface area contributed by atoms with Crippen LogP contribution in [0.15, 0.2) is 0 Å². The van der Waals surface area contributed by atoms with Crippen molar-refractivity contribution in [3.8, 4) is 0 Å². The molecule has 0 aliphatic heterocycles. The van der Waals surface area contributed by atoms with E-state index in [4.69, 9.17) is 5.73 Å². The number of hydrogen-bond donors (Lipinski definition) is 2. The molecule has 0 saturated carbocycles. The van der Waals surface area contributed by atoms with Crippen molar-refractivity contribution in [1.82, 2.24) is 9.78 Å². The van der Waals surface area contributed by atoms with E-state index in [2.05, 4.69) is 31.2 Å². The fraction of sp³-hybridized carbons (Fsp3) is 0.750. The van der Waals surface area contributed by atoms with E-state index < -0.39 is 0 Å². The van der Waals surface area contributed by atoms with Gasteiger partial charge in [-0.1, -0.05) is 19.8 Å². The normalized spacial score (nSPS) is 11.1. The van der Waals surface area contributed by atoms with Gasteiger partial charge in [0.05, 0.1) is 11.4 Å². The Hall–Kier alpha value is -1.19. The zero-order chi connectivity index (χ0) is 12.1. The zero-order valence-electron chi connectivity index (χ0n) is 10.9. The van der Waals surface area contributed by atoms with Crippen LogP contribution in [0, 0.1) is 6.92 Å². The minimum atomic E-state index is 0.338. The molecule has 4 heteroatoms. The van der Waals surface area contributed by atoms with Crippen LogP contribution in [0.3, 0.4) is 0 Å². The number of rotatable bonds is 6. The fourth-order valence-corrected chi connectivity index (χ4v) is 1.69. The van der Waals surface area contributed by atoms with Crippen LogP contribution in [0.1, 0.15) is 51.8 Å². The molecule has 1 aromatic heterocycles. The number of unbranched alkanes of at least 4 members (excludes halogenated alkanes) is 2. The van der Waals surface area contributed by atoms with E-state index in [1.165, 1.54) is 19.3 Å². The molecule has 3 N–H and O–H groups in total. The maximum atomic E-state index is 6.01. The molecular formula is C12H24N4. The highest BCUT2D eigenvalue weighted by Gasteiger charge is 2.13. The van der Waals surface area contributed by atoms with Crippen molar-refractivity contribution in [2.75, 3.05) is 17.6 Å². The highest BCUT2D eigenvalue weighted by molar-refractivity contribution is 5.64. The molecule has 16 heavy (non-hydrogen) atoms. The Bertz CT molecular complexity index is 328. The summed E-state index contributed by atoms with van der Waals surface area (Å²) in [6.45, 7) is 9.35. The highest BCUT2D eigenvalue weighted by Crippen LogP contribution is 2.25. The van der Waals surface area contributed by atoms with Gasteiger partial charge < -0.3 is 11.1 Å². The van der Waals surface area contributed by atoms with Crippen LogP contribution in [-0.4, -0.2) is 16.3 Å². The number of nitrogen functional groups attached to an aromatic ring is 1. The summed E-state index contributed by atoms with van der Waals surface area (Å²) < 4.78 is 1.97. The minimum absolute atomic E-state index is 0.338. The lowest BCUT2D eigenvalue weighted by atomic mass is 10.2. The average Bonchev–Trinajstić information content (AvgIpc) is 2.52. The van der Waals surface area contributed by atoms with Gasteiger partial charge in [0.15, 0.2) is 0 Å². The Morgan fingerprint density at radius 2 is 2.06 bits per heavy atom. The van der Waals surface area contributed by atoms with Crippen LogP contribution in [0.2, 0.25) is 0 Å². The van der Waals surface area contributed by atoms with Crippen LogP contribution in [0.25, 0.3) is 0 Å². The second kappa shape index (κ2) is 5.77. The molecular weight excluding hydrogens is 200 g/mol. The Kier molecular flexibility index (Phi) is 4.65. The van der Waals surface area contributed by atoms with E-state index in [0.29, 0.717) is 6.04 Å². The SMILES string of the molecule is CCCCCNc1c(N)c(C)nn1C(C)C. The lowest BCUT2D eigenvalue weighted by Crippen LogP contribution is -2.12. The van der Waals surface area contributed by atoms with E-state index >= 15 is 0 Å². The fourth-order valence-electron chi connectivity index (χ4n) is 1.69. The standard InChI is InChI=1S/C12H24N4/c1-5-6-7-8-14-12-11(13)10(4)15-16(12)9(2)3/h9,14H,5-8,13H2,1-4H3. The molecule has 0 fully saturated rings. The lowest BCUT2D eigenvalue weighted by Gasteiger charge is -2.13. The summed E-state index contributed by atoms with van der Waals surface area (Å²) in [7, 11) is 0. The van der Waals surface area contributed by atoms with E-state index in [-0.39, 0.29) is 0 Å². The molecule has 0 atom stereocenters. The number of aromatic nitrogens is 2. The van der Waals surface area contributed by atoms with Gasteiger partial charge in [0.1, 0.15) is 5.82 Å². The molecule has 0 spiro atoms. The molecule has 0 aliphatic carbocycles. The third kappa shape index (κ3) is 2.90. The monoisotopic (exact) mass is 224 g/mol. The van der Waals surface area contributed by atoms with Crippen molar-refractivity contribution in [2.45, 2.75) is 53.0 Å². The van der Waals surface area contributed by atoms with Crippen LogP contribution in [-0.2, 0) is 0 Å². The molecule has 1 heterocycles. The first-order valence-electron chi connectivity index (χ1n) is 6.16. The highest BCUT2D eigenvalue weighted by atomic mass is 15.4. The predicted molar refractivity (Wildman–Crippen MR) is 69.8 cm³/mol. The first kappa shape index (κ1) is 12.9. The van der Waals surface area contributed by atoms with Crippen molar-refractivity contribution >= 4 is 11.5 Å². The van der Waals surface area contributed by atoms with Crippen LogP contribution in [0.4, 0.5) is 11.5 Å². The first-order chi connectivity index (χ1) is 7.57.